The number of aromatic nitrogens is 6. The minimum Gasteiger partial charge on any atom is -0.293 e. The second-order valence-corrected chi connectivity index (χ2v) is 11.4. The second kappa shape index (κ2) is 19.7. The van der Waals surface area contributed by atoms with Crippen LogP contribution in [-0.4, -0.2) is 52.2 Å². The van der Waals surface area contributed by atoms with E-state index >= 15 is 0 Å². The highest BCUT2D eigenvalue weighted by Gasteiger charge is 2.08. The summed E-state index contributed by atoms with van der Waals surface area (Å²) in [6.07, 6.45) is 18.8. The van der Waals surface area contributed by atoms with Crippen LogP contribution in [0, 0.1) is 0 Å². The monoisotopic (exact) mass is 722 g/mol. The molecule has 0 spiro atoms. The lowest BCUT2D eigenvalue weighted by atomic mass is 10.1. The Morgan fingerprint density at radius 3 is 1.34 bits per heavy atom. The van der Waals surface area contributed by atoms with Gasteiger partial charge in [0.2, 0.25) is 0 Å². The van der Waals surface area contributed by atoms with Crippen LogP contribution in [-0.2, 0) is 12.8 Å². The molecule has 0 amide bonds. The van der Waals surface area contributed by atoms with Crippen molar-refractivity contribution in [3.8, 4) is 11.4 Å². The molecule has 0 aliphatic rings. The number of aryl methyl sites for hydroxylation is 2. The molecule has 0 fully saturated rings. The van der Waals surface area contributed by atoms with Crippen molar-refractivity contribution >= 4 is 43.4 Å². The number of unbranched alkanes of at least 4 members (excludes halogenated alkanes) is 6. The van der Waals surface area contributed by atoms with E-state index in [4.69, 9.17) is 0 Å². The molecule has 0 N–H and O–H groups in total. The van der Waals surface area contributed by atoms with Crippen LogP contribution >= 0.6 is 31.9 Å². The Morgan fingerprint density at radius 2 is 1.00 bits per heavy atom. The van der Waals surface area contributed by atoms with E-state index in [-0.39, 0.29) is 11.6 Å². The first-order chi connectivity index (χ1) is 21.5. The average molecular weight is 725 g/mol. The quantitative estimate of drug-likeness (QED) is 0.0444. The van der Waals surface area contributed by atoms with E-state index in [2.05, 4.69) is 65.6 Å². The Kier molecular flexibility index (Phi) is 15.7. The number of hydrogen-bond donors (Lipinski definition) is 0. The SMILES string of the molecule is C=CCCCCCc1cn(-c2ccc(C(=O)CBr)cc2)nn1.C=CCCCCCc1cn(-c2ccc(C(=O)CBr)cc2)nn1. The normalized spacial score (nSPS) is 10.6. The van der Waals surface area contributed by atoms with Crippen molar-refractivity contribution in [3.05, 3.63) is 109 Å². The van der Waals surface area contributed by atoms with Crippen LogP contribution in [0.1, 0.15) is 83.5 Å². The average Bonchev–Trinajstić information content (AvgIpc) is 3.75. The first-order valence-electron chi connectivity index (χ1n) is 14.9. The fourth-order valence-corrected chi connectivity index (χ4v) is 5.02. The second-order valence-electron chi connectivity index (χ2n) is 10.3. The van der Waals surface area contributed by atoms with Crippen LogP contribution in [0.3, 0.4) is 0 Å². The summed E-state index contributed by atoms with van der Waals surface area (Å²) in [5.74, 6) is 0.149. The smallest absolute Gasteiger partial charge is 0.173 e. The van der Waals surface area contributed by atoms with Gasteiger partial charge in [0.1, 0.15) is 0 Å². The van der Waals surface area contributed by atoms with Gasteiger partial charge in [-0.2, -0.15) is 0 Å². The summed E-state index contributed by atoms with van der Waals surface area (Å²) in [6.45, 7) is 7.45. The molecule has 2 aromatic heterocycles. The molecule has 4 rings (SSSR count). The molecule has 10 heteroatoms. The summed E-state index contributed by atoms with van der Waals surface area (Å²) in [5.41, 5.74) is 5.22. The Hall–Kier alpha value is -3.50. The number of carbonyl (C=O) groups is 2. The summed E-state index contributed by atoms with van der Waals surface area (Å²) in [5, 5.41) is 17.4. The molecule has 4 aromatic rings. The van der Waals surface area contributed by atoms with Crippen molar-refractivity contribution in [3.63, 3.8) is 0 Å². The lowest BCUT2D eigenvalue weighted by Gasteiger charge is -2.01. The van der Waals surface area contributed by atoms with Gasteiger partial charge in [0, 0.05) is 11.1 Å². The van der Waals surface area contributed by atoms with Gasteiger partial charge in [-0.15, -0.1) is 23.4 Å². The standard InChI is InChI=1S/2C17H20BrN3O/c2*1-2-3-4-5-6-7-15-13-21(20-19-15)16-10-8-14(9-11-16)17(22)12-18/h2*2,8-11,13H,1,3-7,12H2. The van der Waals surface area contributed by atoms with Gasteiger partial charge in [-0.1, -0.05) is 67.3 Å². The zero-order valence-corrected chi connectivity index (χ0v) is 28.3. The van der Waals surface area contributed by atoms with Crippen LogP contribution in [0.25, 0.3) is 11.4 Å². The van der Waals surface area contributed by atoms with Gasteiger partial charge in [-0.25, -0.2) is 9.36 Å². The maximum Gasteiger partial charge on any atom is 0.173 e. The maximum absolute atomic E-state index is 11.6. The number of halogens is 2. The molecule has 2 aromatic carbocycles. The highest BCUT2D eigenvalue weighted by atomic mass is 79.9. The number of allylic oxidation sites excluding steroid dienone is 2. The summed E-state index contributed by atoms with van der Waals surface area (Å²) < 4.78 is 3.50. The molecule has 0 aliphatic carbocycles. The molecule has 44 heavy (non-hydrogen) atoms. The predicted molar refractivity (Wildman–Crippen MR) is 184 cm³/mol. The first kappa shape index (κ1) is 35.0. The predicted octanol–water partition coefficient (Wildman–Crippen LogP) is 8.27. The van der Waals surface area contributed by atoms with Gasteiger partial charge in [0.25, 0.3) is 0 Å². The fourth-order valence-electron chi connectivity index (χ4n) is 4.38. The lowest BCUT2D eigenvalue weighted by molar-refractivity contribution is 0.101. The van der Waals surface area contributed by atoms with Crippen LogP contribution in [0.2, 0.25) is 0 Å². The van der Waals surface area contributed by atoms with E-state index in [1.54, 1.807) is 9.36 Å². The molecule has 8 nitrogen and oxygen atoms in total. The largest absolute Gasteiger partial charge is 0.293 e. The number of carbonyl (C=O) groups excluding carboxylic acids is 2. The number of ketones is 2. The third-order valence-corrected chi connectivity index (χ3v) is 7.93. The third kappa shape index (κ3) is 11.5. The zero-order chi connectivity index (χ0) is 31.6. The Bertz CT molecular complexity index is 1350. The van der Waals surface area contributed by atoms with Crippen LogP contribution < -0.4 is 0 Å². The number of Topliss-reactive ketones (excluding diaryl/α,β-unsaturated/α-hetero) is 2. The molecule has 0 aliphatic heterocycles. The minimum atomic E-state index is 0.0744. The molecule has 0 saturated heterocycles. The highest BCUT2D eigenvalue weighted by molar-refractivity contribution is 9.09. The van der Waals surface area contributed by atoms with E-state index in [0.717, 1.165) is 61.3 Å². The van der Waals surface area contributed by atoms with Crippen molar-refractivity contribution in [2.75, 3.05) is 10.7 Å². The van der Waals surface area contributed by atoms with Crippen LogP contribution in [0.4, 0.5) is 0 Å². The number of hydrogen-bond acceptors (Lipinski definition) is 6. The molecule has 2 heterocycles. The van der Waals surface area contributed by atoms with E-state index in [1.807, 2.05) is 73.1 Å². The minimum absolute atomic E-state index is 0.0744. The van der Waals surface area contributed by atoms with E-state index in [9.17, 15) is 9.59 Å². The topological polar surface area (TPSA) is 95.6 Å². The van der Waals surface area contributed by atoms with Gasteiger partial charge in [0.15, 0.2) is 11.6 Å². The van der Waals surface area contributed by atoms with Gasteiger partial charge < -0.3 is 0 Å². The molecular formula is C34H40Br2N6O2. The third-order valence-electron chi connectivity index (χ3n) is 6.91. The van der Waals surface area contributed by atoms with Gasteiger partial charge >= 0.3 is 0 Å². The van der Waals surface area contributed by atoms with Gasteiger partial charge in [-0.05, 0) is 99.9 Å². The van der Waals surface area contributed by atoms with E-state index in [1.165, 1.54) is 25.7 Å². The van der Waals surface area contributed by atoms with Crippen LogP contribution in [0.5, 0.6) is 0 Å². The number of rotatable bonds is 18. The molecule has 232 valence electrons. The summed E-state index contributed by atoms with van der Waals surface area (Å²) in [4.78, 5) is 23.1. The summed E-state index contributed by atoms with van der Waals surface area (Å²) in [6, 6.07) is 14.8. The number of nitrogens with zero attached hydrogens (tertiary/aromatic N) is 6. The van der Waals surface area contributed by atoms with Crippen molar-refractivity contribution in [1.29, 1.82) is 0 Å². The Morgan fingerprint density at radius 1 is 0.614 bits per heavy atom. The highest BCUT2D eigenvalue weighted by Crippen LogP contribution is 2.14. The number of benzene rings is 2. The van der Waals surface area contributed by atoms with E-state index in [0.29, 0.717) is 21.8 Å². The van der Waals surface area contributed by atoms with Gasteiger partial charge in [-0.3, -0.25) is 9.59 Å². The van der Waals surface area contributed by atoms with Crippen molar-refractivity contribution < 1.29 is 9.59 Å². The Labute approximate surface area is 276 Å². The van der Waals surface area contributed by atoms with E-state index < -0.39 is 0 Å². The van der Waals surface area contributed by atoms with Gasteiger partial charge in [0.05, 0.1) is 45.8 Å². The molecule has 0 saturated carbocycles. The van der Waals surface area contributed by atoms with Crippen LogP contribution in [0.15, 0.2) is 86.2 Å². The van der Waals surface area contributed by atoms with Crippen molar-refractivity contribution in [2.24, 2.45) is 0 Å². The molecule has 0 radical (unpaired) electrons. The Balaban J connectivity index is 0.000000240. The number of alkyl halides is 2. The fraction of sp³-hybridized carbons (Fsp3) is 0.353. The summed E-state index contributed by atoms with van der Waals surface area (Å²) in [7, 11) is 0. The molecule has 0 atom stereocenters. The zero-order valence-electron chi connectivity index (χ0n) is 25.1. The summed E-state index contributed by atoms with van der Waals surface area (Å²) >= 11 is 6.35. The molecular weight excluding hydrogens is 684 g/mol. The van der Waals surface area contributed by atoms with Crippen molar-refractivity contribution in [2.45, 2.75) is 64.2 Å². The first-order valence-corrected chi connectivity index (χ1v) is 17.2. The molecule has 0 bridgehead atoms. The lowest BCUT2D eigenvalue weighted by Crippen LogP contribution is -2.01. The molecule has 0 unspecified atom stereocenters. The van der Waals surface area contributed by atoms with Crippen molar-refractivity contribution in [1.82, 2.24) is 30.0 Å². The maximum atomic E-state index is 11.6.